The second kappa shape index (κ2) is 70.8. The number of rotatable bonds is 0. The second-order valence-corrected chi connectivity index (χ2v) is 0. The van der Waals surface area contributed by atoms with Gasteiger partial charge in [-0.15, -0.1) is 12.4 Å². The van der Waals surface area contributed by atoms with E-state index in [1.807, 2.05) is 0 Å². The molecule has 40 valence electrons. The Balaban J connectivity index is 0. The van der Waals surface area contributed by atoms with Gasteiger partial charge < -0.3 is 49.6 Å². The van der Waals surface area contributed by atoms with Gasteiger partial charge in [-0.05, 0) is 0 Å². The van der Waals surface area contributed by atoms with Crippen molar-refractivity contribution in [2.24, 2.45) is 0 Å². The van der Waals surface area contributed by atoms with Gasteiger partial charge in [0.15, 0.2) is 0 Å². The van der Waals surface area contributed by atoms with E-state index >= 15 is 0 Å². The zero-order chi connectivity index (χ0) is 0. The summed E-state index contributed by atoms with van der Waals surface area (Å²) in [7, 11) is 0. The van der Waals surface area contributed by atoms with Crippen LogP contribution in [-0.2, 0) is 39.0 Å². The fourth-order valence-corrected chi connectivity index (χ4v) is 0. The van der Waals surface area contributed by atoms with Crippen molar-refractivity contribution in [2.75, 3.05) is 0 Å². The van der Waals surface area contributed by atoms with Gasteiger partial charge in [0, 0.05) is 0 Å². The van der Waals surface area contributed by atoms with Crippen LogP contribution in [0.3, 0.4) is 0 Å². The Bertz CT molecular complexity index is 6.04. The summed E-state index contributed by atoms with van der Waals surface area (Å²) in [5.74, 6) is 0. The monoisotopic (exact) mass is 304 g/mol. The average molecular weight is 309 g/mol. The quantitative estimate of drug-likeness (QED) is 0.390. The van der Waals surface area contributed by atoms with Gasteiger partial charge in [-0.3, -0.25) is 0 Å². The fraction of sp³-hybridized carbons (Fsp3) is 0. The van der Waals surface area contributed by atoms with Gasteiger partial charge >= 0.3 is 39.0 Å². The Morgan fingerprint density at radius 2 is 0.429 bits per heavy atom. The number of hydrogen-bond donors (Lipinski definition) is 0. The van der Waals surface area contributed by atoms with Crippen LogP contribution in [0.5, 0.6) is 0 Å². The zero-order valence-corrected chi connectivity index (χ0v) is 13.1. The summed E-state index contributed by atoms with van der Waals surface area (Å²) in [5, 5.41) is 0. The maximum atomic E-state index is 0. The van der Waals surface area contributed by atoms with E-state index in [1.54, 1.807) is 0 Å². The Morgan fingerprint density at radius 1 is 0.429 bits per heavy atom. The van der Waals surface area contributed by atoms with Crippen LogP contribution in [0.4, 0.5) is 0 Å². The van der Waals surface area contributed by atoms with Crippen molar-refractivity contribution in [3.05, 3.63) is 0 Å². The van der Waals surface area contributed by atoms with Gasteiger partial charge in [0.1, 0.15) is 0 Å². The molecule has 0 spiro atoms. The Labute approximate surface area is 99.9 Å². The number of hydrogen-bond acceptors (Lipinski definition) is 0. The predicted octanol–water partition coefficient (Wildman–Crippen LogP) is -11.6. The minimum atomic E-state index is 0. The Hall–Kier alpha value is 2.70. The van der Waals surface area contributed by atoms with Gasteiger partial charge in [0.25, 0.3) is 0 Å². The fourth-order valence-electron chi connectivity index (χ4n) is 0. The molecule has 0 aliphatic rings. The van der Waals surface area contributed by atoms with E-state index in [9.17, 15) is 0 Å². The van der Waals surface area contributed by atoms with Crippen molar-refractivity contribution in [2.45, 2.75) is 0 Å². The third-order valence-electron chi connectivity index (χ3n) is 0. The summed E-state index contributed by atoms with van der Waals surface area (Å²) in [5.41, 5.74) is 0. The van der Waals surface area contributed by atoms with Gasteiger partial charge in [-0.2, -0.15) is 0 Å². The van der Waals surface area contributed by atoms with Crippen LogP contribution in [0.2, 0.25) is 0 Å². The van der Waals surface area contributed by atoms with Crippen LogP contribution in [0.15, 0.2) is 0 Å². The molecule has 0 saturated heterocycles. The first-order chi connectivity index (χ1) is 0. The molecule has 0 rings (SSSR count). The van der Waals surface area contributed by atoms with Crippen LogP contribution < -0.4 is 49.6 Å². The van der Waals surface area contributed by atoms with Crippen molar-refractivity contribution < 1.29 is 88.6 Å². The normalized spacial score (nSPS) is 0. The summed E-state index contributed by atoms with van der Waals surface area (Å²) in [6.45, 7) is 0. The van der Waals surface area contributed by atoms with Gasteiger partial charge in [-0.25, -0.2) is 0 Å². The van der Waals surface area contributed by atoms with Crippen LogP contribution in [0, 0.1) is 0 Å². The summed E-state index contributed by atoms with van der Waals surface area (Å²) in [6.07, 6.45) is 0. The van der Waals surface area contributed by atoms with E-state index in [0.29, 0.717) is 0 Å². The molecule has 0 fully saturated rings. The minimum Gasteiger partial charge on any atom is -1.00 e. The molecular weight excluding hydrogens is 308 g/mol. The van der Waals surface area contributed by atoms with Crippen molar-refractivity contribution in [3.63, 3.8) is 0 Å². The zero-order valence-electron chi connectivity index (χ0n) is 3.33. The van der Waals surface area contributed by atoms with E-state index in [2.05, 4.69) is 0 Å². The summed E-state index contributed by atoms with van der Waals surface area (Å²) < 4.78 is 0. The van der Waals surface area contributed by atoms with Crippen LogP contribution >= 0.6 is 12.4 Å². The summed E-state index contributed by atoms with van der Waals surface area (Å²) in [6, 6.07) is 0. The van der Waals surface area contributed by atoms with Crippen LogP contribution in [-0.4, -0.2) is 0 Å². The molecule has 0 aromatic rings. The maximum absolute atomic E-state index is 0. The molecule has 0 aromatic carbocycles. The van der Waals surface area contributed by atoms with Gasteiger partial charge in [0.2, 0.25) is 0 Å². The van der Waals surface area contributed by atoms with Crippen LogP contribution in [0.25, 0.3) is 0 Å². The van der Waals surface area contributed by atoms with E-state index in [1.165, 1.54) is 0 Å². The molecule has 0 atom stereocenters. The molecule has 0 heterocycles. The first-order valence-electron chi connectivity index (χ1n) is 0. The SMILES string of the molecule is Cl.[Cl-].[Cl-].[Cl-].[Cl-].[Zn+2].[Zn+2]. The van der Waals surface area contributed by atoms with E-state index in [0.717, 1.165) is 0 Å². The first kappa shape index (κ1) is 101. The maximum Gasteiger partial charge on any atom is 2.00 e. The molecule has 0 amide bonds. The standard InChI is InChI=1S/5ClH.2Zn/h5*1H;;/q;;;;;2*+2/p-4. The van der Waals surface area contributed by atoms with E-state index < -0.39 is 0 Å². The molecule has 7 heteroatoms. The molecule has 0 nitrogen and oxygen atoms in total. The van der Waals surface area contributed by atoms with Crippen molar-refractivity contribution in [3.8, 4) is 0 Å². The minimum absolute atomic E-state index is 0. The number of halogens is 5. The van der Waals surface area contributed by atoms with E-state index in [-0.39, 0.29) is 101 Å². The Morgan fingerprint density at radius 3 is 0.429 bits per heavy atom. The molecule has 0 aromatic heterocycles. The molecular formula is HCl5Zn2. The molecule has 0 unspecified atom stereocenters. The third-order valence-corrected chi connectivity index (χ3v) is 0. The van der Waals surface area contributed by atoms with Crippen molar-refractivity contribution in [1.29, 1.82) is 0 Å². The van der Waals surface area contributed by atoms with E-state index in [4.69, 9.17) is 0 Å². The smallest absolute Gasteiger partial charge is 1.00 e. The first-order valence-corrected chi connectivity index (χ1v) is 0. The second-order valence-electron chi connectivity index (χ2n) is 0. The molecule has 0 N–H and O–H groups in total. The van der Waals surface area contributed by atoms with Crippen molar-refractivity contribution >= 4 is 12.4 Å². The topological polar surface area (TPSA) is 0 Å². The van der Waals surface area contributed by atoms with Gasteiger partial charge in [-0.1, -0.05) is 0 Å². The molecule has 0 aliphatic heterocycles. The summed E-state index contributed by atoms with van der Waals surface area (Å²) in [4.78, 5) is 0. The molecule has 0 saturated carbocycles. The van der Waals surface area contributed by atoms with Gasteiger partial charge in [0.05, 0.1) is 0 Å². The molecule has 0 aliphatic carbocycles. The largest absolute Gasteiger partial charge is 2.00 e. The predicted molar refractivity (Wildman–Crippen MR) is 7.25 cm³/mol. The average Bonchev–Trinajstić information content (AvgIpc) is 0. The molecule has 7 heavy (non-hydrogen) atoms. The van der Waals surface area contributed by atoms with Crippen molar-refractivity contribution in [1.82, 2.24) is 0 Å². The summed E-state index contributed by atoms with van der Waals surface area (Å²) >= 11 is 0. The molecule has 0 bridgehead atoms. The van der Waals surface area contributed by atoms with Crippen LogP contribution in [0.1, 0.15) is 0 Å². The molecule has 0 radical (unpaired) electrons. The third kappa shape index (κ3) is 53.6. The Kier molecular flexibility index (Phi) is 1020.